The summed E-state index contributed by atoms with van der Waals surface area (Å²) in [6, 6.07) is 10.8. The minimum atomic E-state index is -2.92. The zero-order chi connectivity index (χ0) is 19.1. The average Bonchev–Trinajstić information content (AvgIpc) is 2.59. The van der Waals surface area contributed by atoms with Crippen LogP contribution in [0.4, 0.5) is 8.78 Å². The Bertz CT molecular complexity index is 763. The normalized spacial score (nSPS) is 10.7. The molecule has 140 valence electrons. The zero-order valence-corrected chi connectivity index (χ0v) is 15.1. The number of hydrogen-bond acceptors (Lipinski definition) is 3. The molecule has 1 amide bonds. The third kappa shape index (κ3) is 5.72. The molecule has 0 spiro atoms. The van der Waals surface area contributed by atoms with Gasteiger partial charge in [0, 0.05) is 13.0 Å². The number of carbonyl (C=O) groups excluding carboxylic acids is 1. The van der Waals surface area contributed by atoms with E-state index in [1.165, 1.54) is 24.3 Å². The molecule has 2 rings (SSSR count). The molecule has 2 aromatic rings. The SMILES string of the molecule is COc1cc(CNC(=O)CCc2ccc(C)cc2C)ccc1OC(F)F. The maximum absolute atomic E-state index is 12.3. The summed E-state index contributed by atoms with van der Waals surface area (Å²) in [7, 11) is 1.37. The Hall–Kier alpha value is -2.63. The van der Waals surface area contributed by atoms with Crippen LogP contribution in [-0.2, 0) is 17.8 Å². The quantitative estimate of drug-likeness (QED) is 0.766. The van der Waals surface area contributed by atoms with Gasteiger partial charge in [-0.05, 0) is 49.1 Å². The average molecular weight is 363 g/mol. The molecule has 2 aromatic carbocycles. The standard InChI is InChI=1S/C20H23F2NO3/c1-13-4-6-16(14(2)10-13)7-9-19(24)23-12-15-5-8-17(26-20(21)22)18(11-15)25-3/h4-6,8,10-11,20H,7,9,12H2,1-3H3,(H,23,24). The fourth-order valence-electron chi connectivity index (χ4n) is 2.68. The molecule has 0 heterocycles. The number of amides is 1. The van der Waals surface area contributed by atoms with E-state index >= 15 is 0 Å². The molecule has 0 radical (unpaired) electrons. The van der Waals surface area contributed by atoms with Crippen LogP contribution in [0.25, 0.3) is 0 Å². The van der Waals surface area contributed by atoms with Gasteiger partial charge in [0.1, 0.15) is 0 Å². The highest BCUT2D eigenvalue weighted by atomic mass is 19.3. The molecule has 0 aliphatic rings. The molecule has 0 aromatic heterocycles. The first-order valence-electron chi connectivity index (χ1n) is 8.33. The fraction of sp³-hybridized carbons (Fsp3) is 0.350. The largest absolute Gasteiger partial charge is 0.493 e. The number of aryl methyl sites for hydroxylation is 3. The van der Waals surface area contributed by atoms with Crippen molar-refractivity contribution in [2.45, 2.75) is 39.8 Å². The van der Waals surface area contributed by atoms with Crippen LogP contribution in [0.5, 0.6) is 11.5 Å². The summed E-state index contributed by atoms with van der Waals surface area (Å²) >= 11 is 0. The molecule has 0 aliphatic heterocycles. The minimum Gasteiger partial charge on any atom is -0.493 e. The molecule has 6 heteroatoms. The highest BCUT2D eigenvalue weighted by Gasteiger charge is 2.11. The molecule has 0 bridgehead atoms. The van der Waals surface area contributed by atoms with Crippen LogP contribution in [0.1, 0.15) is 28.7 Å². The number of benzene rings is 2. The van der Waals surface area contributed by atoms with Crippen molar-refractivity contribution >= 4 is 5.91 Å². The van der Waals surface area contributed by atoms with Crippen LogP contribution >= 0.6 is 0 Å². The van der Waals surface area contributed by atoms with Crippen molar-refractivity contribution in [1.29, 1.82) is 0 Å². The summed E-state index contributed by atoms with van der Waals surface area (Å²) in [6.07, 6.45) is 1.05. The monoisotopic (exact) mass is 363 g/mol. The molecular weight excluding hydrogens is 340 g/mol. The zero-order valence-electron chi connectivity index (χ0n) is 15.1. The van der Waals surface area contributed by atoms with Gasteiger partial charge in [-0.15, -0.1) is 0 Å². The summed E-state index contributed by atoms with van der Waals surface area (Å²) in [4.78, 5) is 12.1. The highest BCUT2D eigenvalue weighted by Crippen LogP contribution is 2.29. The maximum Gasteiger partial charge on any atom is 0.387 e. The van der Waals surface area contributed by atoms with Crippen molar-refractivity contribution < 1.29 is 23.0 Å². The van der Waals surface area contributed by atoms with Gasteiger partial charge in [-0.1, -0.05) is 29.8 Å². The topological polar surface area (TPSA) is 47.6 Å². The summed E-state index contributed by atoms with van der Waals surface area (Å²) < 4.78 is 34.1. The van der Waals surface area contributed by atoms with Gasteiger partial charge in [-0.3, -0.25) is 4.79 Å². The van der Waals surface area contributed by atoms with E-state index in [9.17, 15) is 13.6 Å². The van der Waals surface area contributed by atoms with Gasteiger partial charge in [0.2, 0.25) is 5.91 Å². The molecular formula is C20H23F2NO3. The molecule has 0 fully saturated rings. The van der Waals surface area contributed by atoms with Gasteiger partial charge in [0.05, 0.1) is 7.11 Å². The Labute approximate surface area is 152 Å². The predicted molar refractivity (Wildman–Crippen MR) is 95.7 cm³/mol. The number of ether oxygens (including phenoxy) is 2. The van der Waals surface area contributed by atoms with E-state index < -0.39 is 6.61 Å². The lowest BCUT2D eigenvalue weighted by Crippen LogP contribution is -2.23. The second kappa shape index (κ2) is 9.17. The van der Waals surface area contributed by atoms with Crippen LogP contribution in [0.3, 0.4) is 0 Å². The number of alkyl halides is 2. The molecule has 0 saturated heterocycles. The number of carbonyl (C=O) groups is 1. The van der Waals surface area contributed by atoms with Gasteiger partial charge in [0.25, 0.3) is 0 Å². The Morgan fingerprint density at radius 1 is 1.12 bits per heavy atom. The van der Waals surface area contributed by atoms with Crippen LogP contribution < -0.4 is 14.8 Å². The molecule has 0 atom stereocenters. The lowest BCUT2D eigenvalue weighted by atomic mass is 10.0. The van der Waals surface area contributed by atoms with Gasteiger partial charge < -0.3 is 14.8 Å². The second-order valence-corrected chi connectivity index (χ2v) is 6.07. The summed E-state index contributed by atoms with van der Waals surface area (Å²) in [5.74, 6) is 0.0941. The number of nitrogens with one attached hydrogen (secondary N) is 1. The van der Waals surface area contributed by atoms with Gasteiger partial charge in [-0.25, -0.2) is 0 Å². The van der Waals surface area contributed by atoms with Crippen molar-refractivity contribution in [1.82, 2.24) is 5.32 Å². The van der Waals surface area contributed by atoms with E-state index in [1.54, 1.807) is 12.1 Å². The van der Waals surface area contributed by atoms with Crippen molar-refractivity contribution in [3.05, 3.63) is 58.7 Å². The lowest BCUT2D eigenvalue weighted by Gasteiger charge is -2.12. The van der Waals surface area contributed by atoms with E-state index in [4.69, 9.17) is 4.74 Å². The van der Waals surface area contributed by atoms with Crippen LogP contribution in [-0.4, -0.2) is 19.6 Å². The van der Waals surface area contributed by atoms with E-state index in [-0.39, 0.29) is 24.0 Å². The first-order chi connectivity index (χ1) is 12.4. The predicted octanol–water partition coefficient (Wildman–Crippen LogP) is 4.16. The second-order valence-electron chi connectivity index (χ2n) is 6.07. The van der Waals surface area contributed by atoms with E-state index in [0.717, 1.165) is 11.1 Å². The Kier molecular flexibility index (Phi) is 6.95. The molecule has 26 heavy (non-hydrogen) atoms. The number of halogens is 2. The minimum absolute atomic E-state index is 0.0348. The van der Waals surface area contributed by atoms with Crippen LogP contribution in [0.2, 0.25) is 0 Å². The van der Waals surface area contributed by atoms with Crippen LogP contribution in [0, 0.1) is 13.8 Å². The maximum atomic E-state index is 12.3. The van der Waals surface area contributed by atoms with Crippen molar-refractivity contribution in [3.63, 3.8) is 0 Å². The van der Waals surface area contributed by atoms with Crippen molar-refractivity contribution in [3.8, 4) is 11.5 Å². The fourth-order valence-corrected chi connectivity index (χ4v) is 2.68. The summed E-state index contributed by atoms with van der Waals surface area (Å²) in [5, 5.41) is 2.83. The van der Waals surface area contributed by atoms with E-state index in [1.807, 2.05) is 26.0 Å². The van der Waals surface area contributed by atoms with Crippen LogP contribution in [0.15, 0.2) is 36.4 Å². The first-order valence-corrected chi connectivity index (χ1v) is 8.33. The molecule has 0 saturated carbocycles. The van der Waals surface area contributed by atoms with Gasteiger partial charge >= 0.3 is 6.61 Å². The highest BCUT2D eigenvalue weighted by molar-refractivity contribution is 5.76. The third-order valence-electron chi connectivity index (χ3n) is 4.05. The summed E-state index contributed by atoms with van der Waals surface area (Å²) in [5.41, 5.74) is 4.27. The Morgan fingerprint density at radius 3 is 2.54 bits per heavy atom. The smallest absolute Gasteiger partial charge is 0.387 e. The van der Waals surface area contributed by atoms with Gasteiger partial charge in [-0.2, -0.15) is 8.78 Å². The molecule has 1 N–H and O–H groups in total. The Morgan fingerprint density at radius 2 is 1.88 bits per heavy atom. The number of methoxy groups -OCH3 is 1. The summed E-state index contributed by atoms with van der Waals surface area (Å²) in [6.45, 7) is 1.45. The number of rotatable bonds is 8. The van der Waals surface area contributed by atoms with Gasteiger partial charge in [0.15, 0.2) is 11.5 Å². The number of hydrogen-bond donors (Lipinski definition) is 1. The first kappa shape index (κ1) is 19.7. The Balaban J connectivity index is 1.88. The third-order valence-corrected chi connectivity index (χ3v) is 4.05. The van der Waals surface area contributed by atoms with Crippen molar-refractivity contribution in [2.24, 2.45) is 0 Å². The van der Waals surface area contributed by atoms with Crippen molar-refractivity contribution in [2.75, 3.05) is 7.11 Å². The lowest BCUT2D eigenvalue weighted by molar-refractivity contribution is -0.121. The molecule has 0 unspecified atom stereocenters. The molecule has 4 nitrogen and oxygen atoms in total. The molecule has 0 aliphatic carbocycles. The van der Waals surface area contributed by atoms with E-state index in [0.29, 0.717) is 12.8 Å². The van der Waals surface area contributed by atoms with E-state index in [2.05, 4.69) is 16.1 Å².